The lowest BCUT2D eigenvalue weighted by Gasteiger charge is -2.23. The largest absolute Gasteiger partial charge is 0.356 e. The average molecular weight is 287 g/mol. The van der Waals surface area contributed by atoms with Crippen LogP contribution >= 0.6 is 12.4 Å². The number of hydrogen-bond donors (Lipinski definition) is 2. The standard InChI is InChI=1S/C15H26N2O.ClH/c18-14(17-8-5-12-3-1-2-4-12)13-11-15(13)6-9-16-10-7-15;/h12-13,16H,1-11H2,(H,17,18);1H. The maximum Gasteiger partial charge on any atom is 0.223 e. The van der Waals surface area contributed by atoms with Crippen LogP contribution in [0.2, 0.25) is 0 Å². The van der Waals surface area contributed by atoms with E-state index >= 15 is 0 Å². The lowest BCUT2D eigenvalue weighted by Crippen LogP contribution is -2.34. The van der Waals surface area contributed by atoms with Gasteiger partial charge in [0.2, 0.25) is 5.91 Å². The monoisotopic (exact) mass is 286 g/mol. The van der Waals surface area contributed by atoms with Gasteiger partial charge in [-0.15, -0.1) is 12.4 Å². The molecule has 0 radical (unpaired) electrons. The Bertz CT molecular complexity index is 309. The predicted octanol–water partition coefficient (Wildman–Crippen LogP) is 2.49. The molecule has 1 aliphatic heterocycles. The summed E-state index contributed by atoms with van der Waals surface area (Å²) in [4.78, 5) is 12.1. The highest BCUT2D eigenvalue weighted by Crippen LogP contribution is 2.58. The Morgan fingerprint density at radius 1 is 1.21 bits per heavy atom. The first-order valence-corrected chi connectivity index (χ1v) is 7.79. The van der Waals surface area contributed by atoms with E-state index in [0.717, 1.165) is 32.0 Å². The summed E-state index contributed by atoms with van der Waals surface area (Å²) in [6, 6.07) is 0. The fraction of sp³-hybridized carbons (Fsp3) is 0.933. The van der Waals surface area contributed by atoms with Gasteiger partial charge in [-0.3, -0.25) is 4.79 Å². The summed E-state index contributed by atoms with van der Waals surface area (Å²) in [5.74, 6) is 1.57. The molecule has 0 aromatic carbocycles. The van der Waals surface area contributed by atoms with E-state index in [9.17, 15) is 4.79 Å². The van der Waals surface area contributed by atoms with Crippen molar-refractivity contribution in [2.45, 2.75) is 51.4 Å². The van der Waals surface area contributed by atoms with Crippen LogP contribution in [0.5, 0.6) is 0 Å². The topological polar surface area (TPSA) is 41.1 Å². The Morgan fingerprint density at radius 2 is 1.89 bits per heavy atom. The van der Waals surface area contributed by atoms with Crippen molar-refractivity contribution in [1.29, 1.82) is 0 Å². The van der Waals surface area contributed by atoms with Crippen LogP contribution in [0.15, 0.2) is 0 Å². The van der Waals surface area contributed by atoms with Gasteiger partial charge in [-0.25, -0.2) is 0 Å². The highest BCUT2D eigenvalue weighted by Gasteiger charge is 2.57. The normalized spacial score (nSPS) is 28.9. The Kier molecular flexibility index (Phi) is 5.13. The van der Waals surface area contributed by atoms with E-state index in [1.54, 1.807) is 0 Å². The smallest absolute Gasteiger partial charge is 0.223 e. The van der Waals surface area contributed by atoms with Crippen LogP contribution in [-0.2, 0) is 4.79 Å². The average Bonchev–Trinajstić information content (AvgIpc) is 2.85. The molecule has 2 saturated carbocycles. The third-order valence-corrected chi connectivity index (χ3v) is 5.43. The maximum absolute atomic E-state index is 12.1. The van der Waals surface area contributed by atoms with Crippen LogP contribution in [-0.4, -0.2) is 25.5 Å². The predicted molar refractivity (Wildman–Crippen MR) is 79.5 cm³/mol. The summed E-state index contributed by atoms with van der Waals surface area (Å²) in [5, 5.41) is 6.57. The van der Waals surface area contributed by atoms with Crippen molar-refractivity contribution in [3.63, 3.8) is 0 Å². The molecular weight excluding hydrogens is 260 g/mol. The summed E-state index contributed by atoms with van der Waals surface area (Å²) >= 11 is 0. The third kappa shape index (κ3) is 3.43. The maximum atomic E-state index is 12.1. The second-order valence-electron chi connectivity index (χ2n) is 6.60. The summed E-state index contributed by atoms with van der Waals surface area (Å²) < 4.78 is 0. The second-order valence-corrected chi connectivity index (χ2v) is 6.60. The van der Waals surface area contributed by atoms with Gasteiger partial charge < -0.3 is 10.6 Å². The quantitative estimate of drug-likeness (QED) is 0.834. The fourth-order valence-corrected chi connectivity index (χ4v) is 4.02. The number of halogens is 1. The van der Waals surface area contributed by atoms with Gasteiger partial charge in [-0.05, 0) is 50.1 Å². The molecule has 2 aliphatic carbocycles. The number of piperidine rings is 1. The van der Waals surface area contributed by atoms with Gasteiger partial charge in [0.15, 0.2) is 0 Å². The zero-order valence-corrected chi connectivity index (χ0v) is 12.6. The molecular formula is C15H27ClN2O. The molecule has 1 unspecified atom stereocenters. The minimum atomic E-state index is 0. The summed E-state index contributed by atoms with van der Waals surface area (Å²) in [6.07, 6.45) is 10.3. The first-order valence-electron chi connectivity index (χ1n) is 7.79. The number of rotatable bonds is 4. The van der Waals surface area contributed by atoms with Crippen LogP contribution in [0, 0.1) is 17.3 Å². The van der Waals surface area contributed by atoms with E-state index < -0.39 is 0 Å². The van der Waals surface area contributed by atoms with Crippen molar-refractivity contribution in [2.75, 3.05) is 19.6 Å². The van der Waals surface area contributed by atoms with Crippen LogP contribution in [0.1, 0.15) is 51.4 Å². The molecule has 1 amide bonds. The van der Waals surface area contributed by atoms with E-state index in [1.807, 2.05) is 0 Å². The van der Waals surface area contributed by atoms with Gasteiger partial charge in [-0.1, -0.05) is 25.7 Å². The van der Waals surface area contributed by atoms with Crippen LogP contribution in [0.25, 0.3) is 0 Å². The molecule has 3 aliphatic rings. The summed E-state index contributed by atoms with van der Waals surface area (Å²) in [6.45, 7) is 3.12. The third-order valence-electron chi connectivity index (χ3n) is 5.43. The molecule has 19 heavy (non-hydrogen) atoms. The molecule has 3 rings (SSSR count). The Hall–Kier alpha value is -0.280. The first-order chi connectivity index (χ1) is 8.80. The van der Waals surface area contributed by atoms with Crippen molar-refractivity contribution in [2.24, 2.45) is 17.3 Å². The van der Waals surface area contributed by atoms with Crippen molar-refractivity contribution >= 4 is 18.3 Å². The van der Waals surface area contributed by atoms with Gasteiger partial charge in [0.05, 0.1) is 0 Å². The van der Waals surface area contributed by atoms with Crippen LogP contribution in [0.4, 0.5) is 0 Å². The molecule has 1 heterocycles. The first kappa shape index (κ1) is 15.1. The minimum Gasteiger partial charge on any atom is -0.356 e. The number of carbonyl (C=O) groups is 1. The fourth-order valence-electron chi connectivity index (χ4n) is 4.02. The van der Waals surface area contributed by atoms with Crippen molar-refractivity contribution in [1.82, 2.24) is 10.6 Å². The van der Waals surface area contributed by atoms with E-state index in [-0.39, 0.29) is 12.4 Å². The lowest BCUT2D eigenvalue weighted by atomic mass is 9.92. The molecule has 3 fully saturated rings. The highest BCUT2D eigenvalue weighted by atomic mass is 35.5. The Labute approximate surface area is 122 Å². The highest BCUT2D eigenvalue weighted by molar-refractivity contribution is 5.85. The zero-order valence-electron chi connectivity index (χ0n) is 11.7. The molecule has 3 nitrogen and oxygen atoms in total. The summed E-state index contributed by atoms with van der Waals surface area (Å²) in [5.41, 5.74) is 0.392. The van der Waals surface area contributed by atoms with Crippen LogP contribution in [0.3, 0.4) is 0 Å². The van der Waals surface area contributed by atoms with Crippen LogP contribution < -0.4 is 10.6 Å². The zero-order chi connectivity index (χ0) is 12.4. The van der Waals surface area contributed by atoms with E-state index in [0.29, 0.717) is 17.2 Å². The number of carbonyl (C=O) groups excluding carboxylic acids is 1. The summed E-state index contributed by atoms with van der Waals surface area (Å²) in [7, 11) is 0. The van der Waals surface area contributed by atoms with Crippen molar-refractivity contribution in [3.05, 3.63) is 0 Å². The van der Waals surface area contributed by atoms with Gasteiger partial charge >= 0.3 is 0 Å². The molecule has 0 aromatic rings. The second kappa shape index (κ2) is 6.45. The molecule has 0 aromatic heterocycles. The molecule has 1 saturated heterocycles. The van der Waals surface area contributed by atoms with E-state index in [4.69, 9.17) is 0 Å². The molecule has 4 heteroatoms. The minimum absolute atomic E-state index is 0. The number of hydrogen-bond acceptors (Lipinski definition) is 2. The Morgan fingerprint density at radius 3 is 2.58 bits per heavy atom. The molecule has 110 valence electrons. The molecule has 0 bridgehead atoms. The lowest BCUT2D eigenvalue weighted by molar-refractivity contribution is -0.123. The van der Waals surface area contributed by atoms with Gasteiger partial charge in [0.25, 0.3) is 0 Å². The number of nitrogens with one attached hydrogen (secondary N) is 2. The Balaban J connectivity index is 0.00000133. The van der Waals surface area contributed by atoms with Gasteiger partial charge in [-0.2, -0.15) is 0 Å². The van der Waals surface area contributed by atoms with Crippen molar-refractivity contribution < 1.29 is 4.79 Å². The molecule has 2 N–H and O–H groups in total. The van der Waals surface area contributed by atoms with Gasteiger partial charge in [0.1, 0.15) is 0 Å². The van der Waals surface area contributed by atoms with E-state index in [2.05, 4.69) is 10.6 Å². The van der Waals surface area contributed by atoms with Gasteiger partial charge in [0, 0.05) is 12.5 Å². The van der Waals surface area contributed by atoms with Crippen molar-refractivity contribution in [3.8, 4) is 0 Å². The molecule has 1 atom stereocenters. The van der Waals surface area contributed by atoms with E-state index in [1.165, 1.54) is 44.9 Å². The number of amides is 1. The SMILES string of the molecule is Cl.O=C(NCCC1CCCC1)C1CC12CCNCC2. The molecule has 1 spiro atoms.